The first-order valence-electron chi connectivity index (χ1n) is 13.3. The van der Waals surface area contributed by atoms with Gasteiger partial charge in [0.1, 0.15) is 18.3 Å². The molecule has 0 aromatic heterocycles. The third-order valence-electron chi connectivity index (χ3n) is 6.48. The first kappa shape index (κ1) is 33.5. The first-order chi connectivity index (χ1) is 19.9. The molecule has 1 N–H and O–H groups in total. The maximum Gasteiger partial charge on any atom is 0.264 e. The highest BCUT2D eigenvalue weighted by Gasteiger charge is 2.34. The SMILES string of the molecule is CC[C@@H](C(=O)NCC(C)C)N(Cc1c(Cl)cccc1Cl)C(=O)CN(c1cccc(Cl)c1)S(=O)(=O)c1ccc(OC)cc1. The number of rotatable bonds is 13. The molecule has 2 amide bonds. The molecular formula is C30H34Cl3N3O5S. The molecule has 3 aromatic carbocycles. The topological polar surface area (TPSA) is 96.0 Å². The van der Waals surface area contributed by atoms with Crippen LogP contribution in [0.1, 0.15) is 32.8 Å². The second kappa shape index (κ2) is 15.0. The Labute approximate surface area is 262 Å². The van der Waals surface area contributed by atoms with Gasteiger partial charge in [-0.15, -0.1) is 0 Å². The normalized spacial score (nSPS) is 12.1. The van der Waals surface area contributed by atoms with Gasteiger partial charge in [0.15, 0.2) is 0 Å². The van der Waals surface area contributed by atoms with E-state index in [4.69, 9.17) is 39.5 Å². The van der Waals surface area contributed by atoms with Crippen LogP contribution >= 0.6 is 34.8 Å². The van der Waals surface area contributed by atoms with Crippen molar-refractivity contribution < 1.29 is 22.7 Å². The average molecular weight is 655 g/mol. The minimum absolute atomic E-state index is 0.0570. The zero-order valence-corrected chi connectivity index (χ0v) is 26.9. The molecule has 0 aliphatic carbocycles. The van der Waals surface area contributed by atoms with Crippen LogP contribution < -0.4 is 14.4 Å². The number of nitrogens with one attached hydrogen (secondary N) is 1. The van der Waals surface area contributed by atoms with Crippen molar-refractivity contribution >= 4 is 62.3 Å². The summed E-state index contributed by atoms with van der Waals surface area (Å²) in [6.45, 7) is 5.37. The van der Waals surface area contributed by atoms with E-state index in [-0.39, 0.29) is 40.4 Å². The number of ether oxygens (including phenoxy) is 1. The van der Waals surface area contributed by atoms with E-state index in [0.717, 1.165) is 4.31 Å². The summed E-state index contributed by atoms with van der Waals surface area (Å²) in [5.41, 5.74) is 0.622. The van der Waals surface area contributed by atoms with Gasteiger partial charge in [-0.3, -0.25) is 13.9 Å². The summed E-state index contributed by atoms with van der Waals surface area (Å²) in [7, 11) is -2.79. The van der Waals surface area contributed by atoms with Crippen molar-refractivity contribution in [3.8, 4) is 5.75 Å². The van der Waals surface area contributed by atoms with Crippen LogP contribution in [0.25, 0.3) is 0 Å². The van der Waals surface area contributed by atoms with Crippen LogP contribution in [0, 0.1) is 5.92 Å². The Bertz CT molecular complexity index is 1480. The minimum atomic E-state index is -4.27. The monoisotopic (exact) mass is 653 g/mol. The predicted molar refractivity (Wildman–Crippen MR) is 168 cm³/mol. The van der Waals surface area contributed by atoms with E-state index in [1.54, 1.807) is 43.3 Å². The molecule has 42 heavy (non-hydrogen) atoms. The Kier molecular flexibility index (Phi) is 11.9. The molecule has 0 aliphatic rings. The number of benzene rings is 3. The molecule has 0 saturated heterocycles. The van der Waals surface area contributed by atoms with Gasteiger partial charge < -0.3 is 15.0 Å². The van der Waals surface area contributed by atoms with Gasteiger partial charge in [-0.1, -0.05) is 67.7 Å². The minimum Gasteiger partial charge on any atom is -0.497 e. The molecule has 0 aliphatic heterocycles. The van der Waals surface area contributed by atoms with E-state index in [0.29, 0.717) is 27.9 Å². The Morgan fingerprint density at radius 1 is 0.952 bits per heavy atom. The second-order valence-corrected chi connectivity index (χ2v) is 13.1. The summed E-state index contributed by atoms with van der Waals surface area (Å²) in [4.78, 5) is 28.8. The van der Waals surface area contributed by atoms with Gasteiger partial charge in [-0.2, -0.15) is 0 Å². The molecule has 0 bridgehead atoms. The van der Waals surface area contributed by atoms with Crippen molar-refractivity contribution in [2.45, 2.75) is 44.7 Å². The van der Waals surface area contributed by atoms with Crippen LogP contribution in [0.3, 0.4) is 0 Å². The fourth-order valence-corrected chi connectivity index (χ4v) is 6.34. The van der Waals surface area contributed by atoms with Gasteiger partial charge in [0, 0.05) is 33.7 Å². The Morgan fingerprint density at radius 3 is 2.12 bits per heavy atom. The number of hydrogen-bond donors (Lipinski definition) is 1. The van der Waals surface area contributed by atoms with Crippen molar-refractivity contribution in [2.75, 3.05) is 24.5 Å². The molecule has 0 fully saturated rings. The summed E-state index contributed by atoms with van der Waals surface area (Å²) in [5.74, 6) is -0.341. The quantitative estimate of drug-likeness (QED) is 0.229. The molecule has 12 heteroatoms. The van der Waals surface area contributed by atoms with Crippen LogP contribution in [0.15, 0.2) is 71.6 Å². The molecule has 0 saturated carbocycles. The van der Waals surface area contributed by atoms with E-state index in [1.807, 2.05) is 13.8 Å². The maximum atomic E-state index is 14.2. The first-order valence-corrected chi connectivity index (χ1v) is 15.9. The number of carbonyl (C=O) groups excluding carboxylic acids is 2. The number of amides is 2. The lowest BCUT2D eigenvalue weighted by Crippen LogP contribution is -2.52. The fourth-order valence-electron chi connectivity index (χ4n) is 4.23. The van der Waals surface area contributed by atoms with Gasteiger partial charge in [-0.25, -0.2) is 8.42 Å². The zero-order valence-electron chi connectivity index (χ0n) is 23.8. The van der Waals surface area contributed by atoms with Gasteiger partial charge in [0.2, 0.25) is 11.8 Å². The highest BCUT2D eigenvalue weighted by atomic mass is 35.5. The predicted octanol–water partition coefficient (Wildman–Crippen LogP) is 6.43. The second-order valence-electron chi connectivity index (χ2n) is 9.95. The molecule has 3 aromatic rings. The Morgan fingerprint density at radius 2 is 1.57 bits per heavy atom. The number of sulfonamides is 1. The van der Waals surface area contributed by atoms with Crippen LogP contribution in [0.4, 0.5) is 5.69 Å². The maximum absolute atomic E-state index is 14.2. The highest BCUT2D eigenvalue weighted by Crippen LogP contribution is 2.30. The summed E-state index contributed by atoms with van der Waals surface area (Å²) in [6.07, 6.45) is 0.264. The summed E-state index contributed by atoms with van der Waals surface area (Å²) in [5, 5.41) is 3.80. The number of halogens is 3. The van der Waals surface area contributed by atoms with E-state index in [9.17, 15) is 18.0 Å². The third-order valence-corrected chi connectivity index (χ3v) is 9.21. The van der Waals surface area contributed by atoms with Crippen LogP contribution in [0.5, 0.6) is 5.75 Å². The molecule has 0 radical (unpaired) electrons. The van der Waals surface area contributed by atoms with Gasteiger partial charge in [0.05, 0.1) is 17.7 Å². The molecule has 226 valence electrons. The largest absolute Gasteiger partial charge is 0.497 e. The van der Waals surface area contributed by atoms with E-state index in [1.165, 1.54) is 42.3 Å². The van der Waals surface area contributed by atoms with Crippen LogP contribution in [-0.4, -0.2) is 51.4 Å². The smallest absolute Gasteiger partial charge is 0.264 e. The molecule has 0 spiro atoms. The number of methoxy groups -OCH3 is 1. The number of anilines is 1. The summed E-state index contributed by atoms with van der Waals surface area (Å²) in [6, 6.07) is 16.0. The van der Waals surface area contributed by atoms with E-state index in [2.05, 4.69) is 5.32 Å². The molecule has 8 nitrogen and oxygen atoms in total. The summed E-state index contributed by atoms with van der Waals surface area (Å²) < 4.78 is 34.1. The van der Waals surface area contributed by atoms with Crippen molar-refractivity contribution in [2.24, 2.45) is 5.92 Å². The Hall–Kier alpha value is -2.98. The van der Waals surface area contributed by atoms with E-state index >= 15 is 0 Å². The zero-order chi connectivity index (χ0) is 31.0. The van der Waals surface area contributed by atoms with Crippen molar-refractivity contribution in [1.82, 2.24) is 10.2 Å². The number of carbonyl (C=O) groups is 2. The van der Waals surface area contributed by atoms with Crippen LogP contribution in [0.2, 0.25) is 15.1 Å². The fraction of sp³-hybridized carbons (Fsp3) is 0.333. The average Bonchev–Trinajstić information content (AvgIpc) is 2.95. The molecule has 0 unspecified atom stereocenters. The lowest BCUT2D eigenvalue weighted by atomic mass is 10.1. The summed E-state index contributed by atoms with van der Waals surface area (Å²) >= 11 is 19.1. The Balaban J connectivity index is 2.09. The molecule has 1 atom stereocenters. The lowest BCUT2D eigenvalue weighted by molar-refractivity contribution is -0.140. The van der Waals surface area contributed by atoms with Crippen molar-refractivity contribution in [3.63, 3.8) is 0 Å². The van der Waals surface area contributed by atoms with Crippen molar-refractivity contribution in [1.29, 1.82) is 0 Å². The van der Waals surface area contributed by atoms with Gasteiger partial charge in [-0.05, 0) is 66.9 Å². The van der Waals surface area contributed by atoms with Gasteiger partial charge >= 0.3 is 0 Å². The lowest BCUT2D eigenvalue weighted by Gasteiger charge is -2.33. The molecule has 0 heterocycles. The number of nitrogens with zero attached hydrogens (tertiary/aromatic N) is 2. The standard InChI is InChI=1S/C30H34Cl3N3O5S/c1-5-28(30(38)34-17-20(2)3)35(18-25-26(32)10-7-11-27(25)33)29(37)19-36(22-9-6-8-21(31)16-22)42(39,40)24-14-12-23(41-4)13-15-24/h6-16,20,28H,5,17-19H2,1-4H3,(H,34,38)/t28-/m0/s1. The number of hydrogen-bond acceptors (Lipinski definition) is 5. The molecule has 3 rings (SSSR count). The highest BCUT2D eigenvalue weighted by molar-refractivity contribution is 7.92. The van der Waals surface area contributed by atoms with Crippen molar-refractivity contribution in [3.05, 3.63) is 87.4 Å². The van der Waals surface area contributed by atoms with Gasteiger partial charge in [0.25, 0.3) is 10.0 Å². The van der Waals surface area contributed by atoms with Crippen LogP contribution in [-0.2, 0) is 26.2 Å². The van der Waals surface area contributed by atoms with E-state index < -0.39 is 28.5 Å². The molecular weight excluding hydrogens is 621 g/mol. The third kappa shape index (κ3) is 8.31.